The zero-order chi connectivity index (χ0) is 14.6. The number of nitrogens with one attached hydrogen (secondary N) is 1. The van der Waals surface area contributed by atoms with Gasteiger partial charge in [0.2, 0.25) is 5.91 Å². The Hall–Kier alpha value is -1.88. The van der Waals surface area contributed by atoms with Crippen LogP contribution in [0.1, 0.15) is 30.6 Å². The van der Waals surface area contributed by atoms with Crippen LogP contribution in [0.2, 0.25) is 0 Å². The molecule has 0 fully saturated rings. The summed E-state index contributed by atoms with van der Waals surface area (Å²) in [6, 6.07) is 6.93. The Balaban J connectivity index is 2.90. The minimum absolute atomic E-state index is 0.150. The van der Waals surface area contributed by atoms with Gasteiger partial charge in [0.1, 0.15) is 0 Å². The van der Waals surface area contributed by atoms with Gasteiger partial charge in [-0.1, -0.05) is 12.1 Å². The Morgan fingerprint density at radius 1 is 1.26 bits per heavy atom. The number of anilines is 1. The molecular formula is C14H21N3O2. The molecule has 0 radical (unpaired) electrons. The number of hydrogen-bond donors (Lipinski definition) is 2. The summed E-state index contributed by atoms with van der Waals surface area (Å²) in [4.78, 5) is 25.3. The van der Waals surface area contributed by atoms with E-state index in [1.54, 1.807) is 52.2 Å². The van der Waals surface area contributed by atoms with E-state index in [9.17, 15) is 9.59 Å². The molecule has 1 rings (SSSR count). The highest BCUT2D eigenvalue weighted by Gasteiger charge is 2.19. The number of amides is 2. The van der Waals surface area contributed by atoms with Crippen LogP contribution in [0.3, 0.4) is 0 Å². The average molecular weight is 263 g/mol. The van der Waals surface area contributed by atoms with Gasteiger partial charge < -0.3 is 16.0 Å². The molecule has 0 aromatic heterocycles. The van der Waals surface area contributed by atoms with Crippen molar-refractivity contribution in [1.29, 1.82) is 0 Å². The Morgan fingerprint density at radius 3 is 2.37 bits per heavy atom. The van der Waals surface area contributed by atoms with Crippen molar-refractivity contribution in [3.05, 3.63) is 29.8 Å². The summed E-state index contributed by atoms with van der Waals surface area (Å²) in [5.74, 6) is -0.352. The molecule has 0 bridgehead atoms. The number of nitrogens with zero attached hydrogens (tertiary/aromatic N) is 1. The van der Waals surface area contributed by atoms with Gasteiger partial charge in [-0.2, -0.15) is 0 Å². The van der Waals surface area contributed by atoms with E-state index in [0.29, 0.717) is 11.3 Å². The van der Waals surface area contributed by atoms with Gasteiger partial charge in [0.15, 0.2) is 0 Å². The third-order valence-corrected chi connectivity index (χ3v) is 2.45. The maximum Gasteiger partial charge on any atom is 0.255 e. The molecule has 0 atom stereocenters. The summed E-state index contributed by atoms with van der Waals surface area (Å²) in [5.41, 5.74) is 6.20. The third-order valence-electron chi connectivity index (χ3n) is 2.45. The zero-order valence-corrected chi connectivity index (χ0v) is 11.9. The molecule has 0 saturated heterocycles. The summed E-state index contributed by atoms with van der Waals surface area (Å²) >= 11 is 0. The fourth-order valence-electron chi connectivity index (χ4n) is 1.63. The number of nitrogens with two attached hydrogens (primary N) is 1. The van der Waals surface area contributed by atoms with Crippen LogP contribution in [0.5, 0.6) is 0 Å². The van der Waals surface area contributed by atoms with Crippen molar-refractivity contribution in [3.63, 3.8) is 0 Å². The number of benzene rings is 1. The van der Waals surface area contributed by atoms with E-state index in [1.165, 1.54) is 4.90 Å². The maximum atomic E-state index is 12.0. The summed E-state index contributed by atoms with van der Waals surface area (Å²) in [6.07, 6.45) is 0.192. The lowest BCUT2D eigenvalue weighted by Gasteiger charge is -2.19. The van der Waals surface area contributed by atoms with Gasteiger partial charge in [-0.25, -0.2) is 0 Å². The van der Waals surface area contributed by atoms with Crippen molar-refractivity contribution >= 4 is 17.5 Å². The second-order valence-corrected chi connectivity index (χ2v) is 5.46. The van der Waals surface area contributed by atoms with Crippen LogP contribution in [-0.2, 0) is 4.79 Å². The first kappa shape index (κ1) is 15.2. The van der Waals surface area contributed by atoms with Gasteiger partial charge in [0.25, 0.3) is 5.91 Å². The average Bonchev–Trinajstić information content (AvgIpc) is 2.26. The molecule has 0 spiro atoms. The number of hydrogen-bond acceptors (Lipinski definition) is 3. The Labute approximate surface area is 113 Å². The van der Waals surface area contributed by atoms with Crippen molar-refractivity contribution in [1.82, 2.24) is 4.90 Å². The molecular weight excluding hydrogens is 242 g/mol. The van der Waals surface area contributed by atoms with Crippen molar-refractivity contribution in [3.8, 4) is 0 Å². The van der Waals surface area contributed by atoms with E-state index in [1.807, 2.05) is 0 Å². The molecule has 3 N–H and O–H groups in total. The van der Waals surface area contributed by atoms with Crippen LogP contribution >= 0.6 is 0 Å². The van der Waals surface area contributed by atoms with Gasteiger partial charge in [-0.3, -0.25) is 9.59 Å². The fourth-order valence-corrected chi connectivity index (χ4v) is 1.63. The summed E-state index contributed by atoms with van der Waals surface area (Å²) in [7, 11) is 3.34. The lowest BCUT2D eigenvalue weighted by atomic mass is 10.0. The topological polar surface area (TPSA) is 75.4 Å². The Bertz CT molecular complexity index is 476. The standard InChI is InChI=1S/C14H21N3O2/c1-14(2,15)9-12(18)16-11-8-6-5-7-10(11)13(19)17(3)4/h5-8H,9,15H2,1-4H3,(H,16,18). The first-order valence-electron chi connectivity index (χ1n) is 6.10. The van der Waals surface area contributed by atoms with E-state index in [4.69, 9.17) is 5.73 Å². The molecule has 0 aliphatic heterocycles. The molecule has 2 amide bonds. The number of carbonyl (C=O) groups excluding carboxylic acids is 2. The number of carbonyl (C=O) groups is 2. The van der Waals surface area contributed by atoms with E-state index in [-0.39, 0.29) is 18.2 Å². The normalized spacial score (nSPS) is 11.0. The van der Waals surface area contributed by atoms with Crippen LogP contribution in [0.15, 0.2) is 24.3 Å². The van der Waals surface area contributed by atoms with E-state index in [0.717, 1.165) is 0 Å². The van der Waals surface area contributed by atoms with Crippen LogP contribution < -0.4 is 11.1 Å². The Kier molecular flexibility index (Phi) is 4.67. The molecule has 1 aromatic carbocycles. The molecule has 5 heteroatoms. The van der Waals surface area contributed by atoms with Crippen molar-refractivity contribution in [2.75, 3.05) is 19.4 Å². The predicted octanol–water partition coefficient (Wildman–Crippen LogP) is 1.45. The second kappa shape index (κ2) is 5.84. The SMILES string of the molecule is CN(C)C(=O)c1ccccc1NC(=O)CC(C)(C)N. The molecule has 19 heavy (non-hydrogen) atoms. The van der Waals surface area contributed by atoms with Gasteiger partial charge in [-0.15, -0.1) is 0 Å². The third kappa shape index (κ3) is 4.71. The molecule has 104 valence electrons. The minimum atomic E-state index is -0.579. The molecule has 0 aliphatic carbocycles. The quantitative estimate of drug-likeness (QED) is 0.863. The minimum Gasteiger partial charge on any atom is -0.345 e. The monoisotopic (exact) mass is 263 g/mol. The van der Waals surface area contributed by atoms with Gasteiger partial charge >= 0.3 is 0 Å². The van der Waals surface area contributed by atoms with Gasteiger partial charge in [-0.05, 0) is 26.0 Å². The number of para-hydroxylation sites is 1. The summed E-state index contributed by atoms with van der Waals surface area (Å²) in [6.45, 7) is 3.56. The summed E-state index contributed by atoms with van der Waals surface area (Å²) in [5, 5.41) is 2.74. The van der Waals surface area contributed by atoms with Crippen molar-refractivity contribution in [2.24, 2.45) is 5.73 Å². The van der Waals surface area contributed by atoms with Crippen LogP contribution in [0, 0.1) is 0 Å². The van der Waals surface area contributed by atoms with Crippen LogP contribution in [0.4, 0.5) is 5.69 Å². The fraction of sp³-hybridized carbons (Fsp3) is 0.429. The molecule has 0 unspecified atom stereocenters. The van der Waals surface area contributed by atoms with Gasteiger partial charge in [0.05, 0.1) is 11.3 Å². The first-order valence-corrected chi connectivity index (χ1v) is 6.10. The molecule has 0 heterocycles. The lowest BCUT2D eigenvalue weighted by Crippen LogP contribution is -2.36. The largest absolute Gasteiger partial charge is 0.345 e. The number of rotatable bonds is 4. The molecule has 5 nitrogen and oxygen atoms in total. The Morgan fingerprint density at radius 2 is 1.84 bits per heavy atom. The van der Waals surface area contributed by atoms with E-state index in [2.05, 4.69) is 5.32 Å². The first-order chi connectivity index (χ1) is 8.70. The highest BCUT2D eigenvalue weighted by molar-refractivity contribution is 6.03. The predicted molar refractivity (Wildman–Crippen MR) is 76.0 cm³/mol. The zero-order valence-electron chi connectivity index (χ0n) is 11.9. The second-order valence-electron chi connectivity index (χ2n) is 5.46. The van der Waals surface area contributed by atoms with Crippen LogP contribution in [0.25, 0.3) is 0 Å². The lowest BCUT2D eigenvalue weighted by molar-refractivity contribution is -0.117. The smallest absolute Gasteiger partial charge is 0.255 e. The highest BCUT2D eigenvalue weighted by Crippen LogP contribution is 2.17. The highest BCUT2D eigenvalue weighted by atomic mass is 16.2. The maximum absolute atomic E-state index is 12.0. The van der Waals surface area contributed by atoms with E-state index < -0.39 is 5.54 Å². The van der Waals surface area contributed by atoms with Gasteiger partial charge in [0, 0.05) is 26.1 Å². The van der Waals surface area contributed by atoms with E-state index >= 15 is 0 Å². The van der Waals surface area contributed by atoms with Crippen molar-refractivity contribution in [2.45, 2.75) is 25.8 Å². The molecule has 1 aromatic rings. The summed E-state index contributed by atoms with van der Waals surface area (Å²) < 4.78 is 0. The molecule has 0 aliphatic rings. The van der Waals surface area contributed by atoms with Crippen LogP contribution in [-0.4, -0.2) is 36.3 Å². The molecule has 0 saturated carbocycles. The van der Waals surface area contributed by atoms with Crippen molar-refractivity contribution < 1.29 is 9.59 Å².